The first kappa shape index (κ1) is 14.5. The second-order valence-electron chi connectivity index (χ2n) is 5.40. The van der Waals surface area contributed by atoms with Gasteiger partial charge in [-0.05, 0) is 44.2 Å². The smallest absolute Gasteiger partial charge is 0.306 e. The Labute approximate surface area is 118 Å². The van der Waals surface area contributed by atoms with E-state index >= 15 is 0 Å². The summed E-state index contributed by atoms with van der Waals surface area (Å²) in [6, 6.07) is 3.70. The molecule has 1 fully saturated rings. The van der Waals surface area contributed by atoms with Gasteiger partial charge in [0.15, 0.2) is 0 Å². The van der Waals surface area contributed by atoms with Gasteiger partial charge in [-0.15, -0.1) is 0 Å². The van der Waals surface area contributed by atoms with Crippen LogP contribution in [0, 0.1) is 11.8 Å². The van der Waals surface area contributed by atoms with Gasteiger partial charge >= 0.3 is 5.97 Å². The van der Waals surface area contributed by atoms with Crippen LogP contribution in [0.4, 0.5) is 0 Å². The number of pyridine rings is 1. The largest absolute Gasteiger partial charge is 0.481 e. The third-order valence-corrected chi connectivity index (χ3v) is 3.99. The molecule has 1 heterocycles. The number of rotatable bonds is 4. The zero-order valence-corrected chi connectivity index (χ0v) is 11.6. The zero-order valence-electron chi connectivity index (χ0n) is 11.6. The summed E-state index contributed by atoms with van der Waals surface area (Å²) < 4.78 is 0. The molecule has 20 heavy (non-hydrogen) atoms. The third kappa shape index (κ3) is 3.56. The van der Waals surface area contributed by atoms with Crippen molar-refractivity contribution in [1.29, 1.82) is 0 Å². The maximum atomic E-state index is 12.2. The Bertz CT molecular complexity index is 467. The molecule has 5 heteroatoms. The number of aliphatic carboxylic acids is 1. The quantitative estimate of drug-likeness (QED) is 0.883. The first-order chi connectivity index (χ1) is 9.58. The molecule has 0 radical (unpaired) electrons. The lowest BCUT2D eigenvalue weighted by molar-refractivity contribution is -0.144. The maximum absolute atomic E-state index is 12.2. The molecule has 108 valence electrons. The highest BCUT2D eigenvalue weighted by Crippen LogP contribution is 2.29. The van der Waals surface area contributed by atoms with Gasteiger partial charge in [0.25, 0.3) is 0 Å². The number of nitrogens with zero attached hydrogens (tertiary/aromatic N) is 1. The fraction of sp³-hybridized carbons (Fsp3) is 0.533. The molecule has 1 saturated carbocycles. The van der Waals surface area contributed by atoms with E-state index in [1.165, 1.54) is 0 Å². The predicted molar refractivity (Wildman–Crippen MR) is 73.9 cm³/mol. The molecule has 0 bridgehead atoms. The van der Waals surface area contributed by atoms with Crippen molar-refractivity contribution in [1.82, 2.24) is 10.3 Å². The first-order valence-electron chi connectivity index (χ1n) is 7.01. The van der Waals surface area contributed by atoms with E-state index in [4.69, 9.17) is 5.11 Å². The van der Waals surface area contributed by atoms with Crippen molar-refractivity contribution in [2.45, 2.75) is 38.6 Å². The molecule has 1 amide bonds. The molecule has 5 nitrogen and oxygen atoms in total. The summed E-state index contributed by atoms with van der Waals surface area (Å²) in [6.45, 7) is 1.93. The van der Waals surface area contributed by atoms with Gasteiger partial charge in [-0.25, -0.2) is 0 Å². The lowest BCUT2D eigenvalue weighted by Gasteiger charge is -2.26. The average molecular weight is 276 g/mol. The van der Waals surface area contributed by atoms with Crippen LogP contribution in [0.15, 0.2) is 24.5 Å². The Morgan fingerprint density at radius 2 is 1.95 bits per heavy atom. The van der Waals surface area contributed by atoms with E-state index in [0.717, 1.165) is 5.56 Å². The van der Waals surface area contributed by atoms with Crippen LogP contribution in [0.3, 0.4) is 0 Å². The number of carbonyl (C=O) groups excluding carboxylic acids is 1. The normalized spacial score (nSPS) is 23.9. The second kappa shape index (κ2) is 6.50. The van der Waals surface area contributed by atoms with Gasteiger partial charge in [0.2, 0.25) is 5.91 Å². The van der Waals surface area contributed by atoms with Crippen molar-refractivity contribution in [2.75, 3.05) is 0 Å². The van der Waals surface area contributed by atoms with E-state index < -0.39 is 5.97 Å². The van der Waals surface area contributed by atoms with Gasteiger partial charge < -0.3 is 10.4 Å². The van der Waals surface area contributed by atoms with Crippen LogP contribution in [0.5, 0.6) is 0 Å². The van der Waals surface area contributed by atoms with E-state index in [-0.39, 0.29) is 23.8 Å². The fourth-order valence-corrected chi connectivity index (χ4v) is 2.65. The first-order valence-corrected chi connectivity index (χ1v) is 7.01. The van der Waals surface area contributed by atoms with Crippen LogP contribution in [-0.4, -0.2) is 22.0 Å². The van der Waals surface area contributed by atoms with Crippen molar-refractivity contribution in [3.05, 3.63) is 30.1 Å². The highest BCUT2D eigenvalue weighted by atomic mass is 16.4. The Morgan fingerprint density at radius 1 is 1.30 bits per heavy atom. The minimum Gasteiger partial charge on any atom is -0.481 e. The summed E-state index contributed by atoms with van der Waals surface area (Å²) in [5, 5.41) is 11.9. The second-order valence-corrected chi connectivity index (χ2v) is 5.40. The molecule has 2 N–H and O–H groups in total. The number of amides is 1. The van der Waals surface area contributed by atoms with Crippen LogP contribution >= 0.6 is 0 Å². The highest BCUT2D eigenvalue weighted by Gasteiger charge is 2.30. The van der Waals surface area contributed by atoms with Crippen molar-refractivity contribution in [2.24, 2.45) is 11.8 Å². The van der Waals surface area contributed by atoms with Gasteiger partial charge in [-0.1, -0.05) is 6.07 Å². The summed E-state index contributed by atoms with van der Waals surface area (Å²) >= 11 is 0. The molecule has 1 atom stereocenters. The Kier molecular flexibility index (Phi) is 4.71. The number of hydrogen-bond donors (Lipinski definition) is 2. The predicted octanol–water partition coefficient (Wildman–Crippen LogP) is 2.15. The van der Waals surface area contributed by atoms with Gasteiger partial charge in [0.05, 0.1) is 12.0 Å². The minimum absolute atomic E-state index is 0.0187. The van der Waals surface area contributed by atoms with Crippen molar-refractivity contribution >= 4 is 11.9 Å². The monoisotopic (exact) mass is 276 g/mol. The van der Waals surface area contributed by atoms with Crippen molar-refractivity contribution < 1.29 is 14.7 Å². The number of aromatic nitrogens is 1. The molecule has 0 saturated heterocycles. The lowest BCUT2D eigenvalue weighted by Crippen LogP contribution is -2.35. The van der Waals surface area contributed by atoms with Gasteiger partial charge in [-0.3, -0.25) is 14.6 Å². The van der Waals surface area contributed by atoms with Crippen molar-refractivity contribution in [3.8, 4) is 0 Å². The lowest BCUT2D eigenvalue weighted by atomic mass is 9.81. The summed E-state index contributed by atoms with van der Waals surface area (Å²) in [6.07, 6.45) is 5.94. The number of carboxylic acids is 1. The molecule has 1 unspecified atom stereocenters. The molecule has 1 aromatic rings. The molecule has 2 rings (SSSR count). The van der Waals surface area contributed by atoms with E-state index in [1.807, 2.05) is 19.1 Å². The van der Waals surface area contributed by atoms with Gasteiger partial charge in [-0.2, -0.15) is 0 Å². The molecular weight excluding hydrogens is 256 g/mol. The molecule has 0 spiro atoms. The molecule has 1 aliphatic rings. The fourth-order valence-electron chi connectivity index (χ4n) is 2.65. The summed E-state index contributed by atoms with van der Waals surface area (Å²) in [5.41, 5.74) is 0.972. The standard InChI is InChI=1S/C15H20N2O3/c1-10(13-3-2-8-16-9-13)17-14(18)11-4-6-12(7-5-11)15(19)20/h2-3,8-12H,4-7H2,1H3,(H,17,18)(H,19,20). The minimum atomic E-state index is -0.743. The van der Waals surface area contributed by atoms with Crippen LogP contribution in [0.25, 0.3) is 0 Å². The Hall–Kier alpha value is -1.91. The van der Waals surface area contributed by atoms with E-state index in [9.17, 15) is 9.59 Å². The number of nitrogens with one attached hydrogen (secondary N) is 1. The molecule has 1 aromatic heterocycles. The van der Waals surface area contributed by atoms with E-state index in [2.05, 4.69) is 10.3 Å². The Balaban J connectivity index is 1.85. The van der Waals surface area contributed by atoms with Gasteiger partial charge in [0.1, 0.15) is 0 Å². The van der Waals surface area contributed by atoms with Crippen LogP contribution in [-0.2, 0) is 9.59 Å². The van der Waals surface area contributed by atoms with Gasteiger partial charge in [0, 0.05) is 18.3 Å². The summed E-state index contributed by atoms with van der Waals surface area (Å²) in [4.78, 5) is 27.1. The molecular formula is C15H20N2O3. The van der Waals surface area contributed by atoms with Crippen LogP contribution in [0.1, 0.15) is 44.2 Å². The summed E-state index contributed by atoms with van der Waals surface area (Å²) in [5.74, 6) is -1.07. The molecule has 0 aliphatic heterocycles. The number of carboxylic acid groups (broad SMARTS) is 1. The van der Waals surface area contributed by atoms with E-state index in [0.29, 0.717) is 25.7 Å². The highest BCUT2D eigenvalue weighted by molar-refractivity contribution is 5.79. The van der Waals surface area contributed by atoms with Crippen LogP contribution in [0.2, 0.25) is 0 Å². The average Bonchev–Trinajstić information content (AvgIpc) is 2.48. The van der Waals surface area contributed by atoms with E-state index in [1.54, 1.807) is 12.4 Å². The maximum Gasteiger partial charge on any atom is 0.306 e. The van der Waals surface area contributed by atoms with Crippen molar-refractivity contribution in [3.63, 3.8) is 0 Å². The molecule has 0 aromatic carbocycles. The third-order valence-electron chi connectivity index (χ3n) is 3.99. The topological polar surface area (TPSA) is 79.3 Å². The SMILES string of the molecule is CC(NC(=O)C1CCC(C(=O)O)CC1)c1cccnc1. The van der Waals surface area contributed by atoms with Crippen LogP contribution < -0.4 is 5.32 Å². The molecule has 1 aliphatic carbocycles. The number of hydrogen-bond acceptors (Lipinski definition) is 3. The summed E-state index contributed by atoms with van der Waals surface area (Å²) in [7, 11) is 0. The zero-order chi connectivity index (χ0) is 14.5. The number of carbonyl (C=O) groups is 2. The Morgan fingerprint density at radius 3 is 2.50 bits per heavy atom.